The number of primary amides is 1. The number of nitrogens with zero attached hydrogens (tertiary/aromatic N) is 3. The van der Waals surface area contributed by atoms with Gasteiger partial charge in [-0.3, -0.25) is 4.79 Å². The predicted molar refractivity (Wildman–Crippen MR) is 68.2 cm³/mol. The Morgan fingerprint density at radius 3 is 2.33 bits per heavy atom. The fraction of sp³-hybridized carbons (Fsp3) is 0.615. The van der Waals surface area contributed by atoms with Gasteiger partial charge in [0, 0.05) is 13.1 Å². The topological polar surface area (TPSA) is 72.1 Å². The first-order valence-electron chi connectivity index (χ1n) is 6.62. The summed E-state index contributed by atoms with van der Waals surface area (Å²) in [6.45, 7) is 2.16. The van der Waals surface area contributed by atoms with Gasteiger partial charge < -0.3 is 10.6 Å². The lowest BCUT2D eigenvalue weighted by molar-refractivity contribution is 0.0994. The van der Waals surface area contributed by atoms with E-state index in [-0.39, 0.29) is 5.69 Å². The molecule has 2 N–H and O–H groups in total. The maximum atomic E-state index is 10.9. The van der Waals surface area contributed by atoms with Gasteiger partial charge >= 0.3 is 0 Å². The molecule has 1 aromatic rings. The highest BCUT2D eigenvalue weighted by atomic mass is 16.1. The highest BCUT2D eigenvalue weighted by Crippen LogP contribution is 2.37. The SMILES string of the molecule is NC(=O)c1ccc(N2CC3CCCCC3C2)nn1. The van der Waals surface area contributed by atoms with Crippen molar-refractivity contribution in [1.29, 1.82) is 0 Å². The summed E-state index contributed by atoms with van der Waals surface area (Å²) >= 11 is 0. The molecule has 1 aliphatic carbocycles. The molecule has 3 rings (SSSR count). The molecule has 0 bridgehead atoms. The molecule has 5 nitrogen and oxygen atoms in total. The van der Waals surface area contributed by atoms with Crippen molar-refractivity contribution < 1.29 is 4.79 Å². The van der Waals surface area contributed by atoms with E-state index in [2.05, 4.69) is 15.1 Å². The van der Waals surface area contributed by atoms with Crippen molar-refractivity contribution in [3.05, 3.63) is 17.8 Å². The number of carbonyl (C=O) groups excluding carboxylic acids is 1. The average Bonchev–Trinajstić information content (AvgIpc) is 2.82. The lowest BCUT2D eigenvalue weighted by atomic mass is 9.82. The van der Waals surface area contributed by atoms with Crippen LogP contribution >= 0.6 is 0 Å². The van der Waals surface area contributed by atoms with Crippen LogP contribution in [0, 0.1) is 11.8 Å². The Bertz CT molecular complexity index is 431. The van der Waals surface area contributed by atoms with Gasteiger partial charge in [-0.1, -0.05) is 12.8 Å². The molecule has 2 heterocycles. The molecule has 0 radical (unpaired) electrons. The minimum absolute atomic E-state index is 0.232. The molecule has 0 aromatic carbocycles. The maximum absolute atomic E-state index is 10.9. The van der Waals surface area contributed by atoms with Crippen molar-refractivity contribution in [2.45, 2.75) is 25.7 Å². The van der Waals surface area contributed by atoms with Crippen LogP contribution in [0.15, 0.2) is 12.1 Å². The van der Waals surface area contributed by atoms with Gasteiger partial charge in [-0.05, 0) is 36.8 Å². The first-order valence-corrected chi connectivity index (χ1v) is 6.62. The van der Waals surface area contributed by atoms with Crippen LogP contribution in [0.5, 0.6) is 0 Å². The number of amides is 1. The van der Waals surface area contributed by atoms with Crippen molar-refractivity contribution in [2.75, 3.05) is 18.0 Å². The smallest absolute Gasteiger partial charge is 0.269 e. The van der Waals surface area contributed by atoms with E-state index in [9.17, 15) is 4.79 Å². The minimum atomic E-state index is -0.524. The predicted octanol–water partition coefficient (Wildman–Crippen LogP) is 1.20. The fourth-order valence-electron chi connectivity index (χ4n) is 3.22. The van der Waals surface area contributed by atoms with Crippen molar-refractivity contribution in [3.63, 3.8) is 0 Å². The number of anilines is 1. The Morgan fingerprint density at radius 2 is 1.83 bits per heavy atom. The Hall–Kier alpha value is -1.65. The van der Waals surface area contributed by atoms with Gasteiger partial charge in [0.1, 0.15) is 0 Å². The first kappa shape index (κ1) is 11.4. The Labute approximate surface area is 106 Å². The molecule has 1 aromatic heterocycles. The molecule has 2 atom stereocenters. The molecule has 2 unspecified atom stereocenters. The molecular weight excluding hydrogens is 228 g/mol. The van der Waals surface area contributed by atoms with Crippen LogP contribution in [-0.4, -0.2) is 29.2 Å². The van der Waals surface area contributed by atoms with E-state index in [1.54, 1.807) is 6.07 Å². The minimum Gasteiger partial charge on any atom is -0.364 e. The molecule has 18 heavy (non-hydrogen) atoms. The second-order valence-corrected chi connectivity index (χ2v) is 5.35. The highest BCUT2D eigenvalue weighted by molar-refractivity contribution is 5.90. The van der Waals surface area contributed by atoms with Crippen LogP contribution in [0.2, 0.25) is 0 Å². The fourth-order valence-corrected chi connectivity index (χ4v) is 3.22. The Kier molecular flexibility index (Phi) is 2.89. The number of fused-ring (bicyclic) bond motifs is 1. The molecule has 5 heteroatoms. The van der Waals surface area contributed by atoms with Crippen molar-refractivity contribution in [3.8, 4) is 0 Å². The molecule has 1 amide bonds. The molecule has 1 aliphatic heterocycles. The largest absolute Gasteiger partial charge is 0.364 e. The zero-order valence-electron chi connectivity index (χ0n) is 10.4. The number of hydrogen-bond donors (Lipinski definition) is 1. The van der Waals surface area contributed by atoms with Gasteiger partial charge in [0.25, 0.3) is 5.91 Å². The van der Waals surface area contributed by atoms with E-state index < -0.39 is 5.91 Å². The molecule has 2 fully saturated rings. The van der Waals surface area contributed by atoms with Crippen LogP contribution in [0.1, 0.15) is 36.2 Å². The van der Waals surface area contributed by atoms with E-state index in [0.717, 1.165) is 30.7 Å². The van der Waals surface area contributed by atoms with Gasteiger partial charge in [0.05, 0.1) is 0 Å². The molecule has 96 valence electrons. The van der Waals surface area contributed by atoms with Crippen LogP contribution in [0.25, 0.3) is 0 Å². The van der Waals surface area contributed by atoms with Crippen molar-refractivity contribution in [1.82, 2.24) is 10.2 Å². The zero-order valence-corrected chi connectivity index (χ0v) is 10.4. The Balaban J connectivity index is 1.73. The number of nitrogens with two attached hydrogens (primary N) is 1. The average molecular weight is 246 g/mol. The van der Waals surface area contributed by atoms with Crippen LogP contribution in [0.3, 0.4) is 0 Å². The van der Waals surface area contributed by atoms with Crippen molar-refractivity contribution >= 4 is 11.7 Å². The molecular formula is C13H18N4O. The van der Waals surface area contributed by atoms with Gasteiger partial charge in [-0.15, -0.1) is 10.2 Å². The van der Waals surface area contributed by atoms with Crippen molar-refractivity contribution in [2.24, 2.45) is 17.6 Å². The number of carbonyl (C=O) groups is 1. The number of rotatable bonds is 2. The molecule has 2 aliphatic rings. The van der Waals surface area contributed by atoms with Crippen LogP contribution in [-0.2, 0) is 0 Å². The van der Waals surface area contributed by atoms with E-state index in [1.165, 1.54) is 25.7 Å². The monoisotopic (exact) mass is 246 g/mol. The van der Waals surface area contributed by atoms with Crippen LogP contribution < -0.4 is 10.6 Å². The summed E-state index contributed by atoms with van der Waals surface area (Å²) in [6, 6.07) is 3.51. The zero-order chi connectivity index (χ0) is 12.5. The lowest BCUT2D eigenvalue weighted by Gasteiger charge is -2.22. The quantitative estimate of drug-likeness (QED) is 0.851. The molecule has 1 saturated carbocycles. The summed E-state index contributed by atoms with van der Waals surface area (Å²) in [5.41, 5.74) is 5.39. The second kappa shape index (κ2) is 4.55. The number of hydrogen-bond acceptors (Lipinski definition) is 4. The summed E-state index contributed by atoms with van der Waals surface area (Å²) in [5.74, 6) is 1.98. The van der Waals surface area contributed by atoms with Gasteiger partial charge in [-0.2, -0.15) is 0 Å². The summed E-state index contributed by atoms with van der Waals surface area (Å²) in [6.07, 6.45) is 5.41. The van der Waals surface area contributed by atoms with E-state index in [4.69, 9.17) is 5.73 Å². The summed E-state index contributed by atoms with van der Waals surface area (Å²) < 4.78 is 0. The summed E-state index contributed by atoms with van der Waals surface area (Å²) in [4.78, 5) is 13.2. The normalized spacial score (nSPS) is 27.0. The summed E-state index contributed by atoms with van der Waals surface area (Å²) in [7, 11) is 0. The third kappa shape index (κ3) is 2.05. The Morgan fingerprint density at radius 1 is 1.17 bits per heavy atom. The third-order valence-corrected chi connectivity index (χ3v) is 4.20. The van der Waals surface area contributed by atoms with E-state index in [1.807, 2.05) is 6.07 Å². The van der Waals surface area contributed by atoms with E-state index >= 15 is 0 Å². The first-order chi connectivity index (χ1) is 8.74. The summed E-state index contributed by atoms with van der Waals surface area (Å²) in [5, 5.41) is 7.99. The van der Waals surface area contributed by atoms with Gasteiger partial charge in [-0.25, -0.2) is 0 Å². The molecule has 0 spiro atoms. The standard InChI is InChI=1S/C13H18N4O/c14-13(18)11-5-6-12(16-15-11)17-7-9-3-1-2-4-10(9)8-17/h5-6,9-10H,1-4,7-8H2,(H2,14,18). The van der Waals surface area contributed by atoms with Crippen LogP contribution in [0.4, 0.5) is 5.82 Å². The highest BCUT2D eigenvalue weighted by Gasteiger charge is 2.34. The lowest BCUT2D eigenvalue weighted by Crippen LogP contribution is -2.22. The van der Waals surface area contributed by atoms with Gasteiger partial charge in [0.15, 0.2) is 11.5 Å². The maximum Gasteiger partial charge on any atom is 0.269 e. The second-order valence-electron chi connectivity index (χ2n) is 5.35. The third-order valence-electron chi connectivity index (χ3n) is 4.20. The molecule has 1 saturated heterocycles. The van der Waals surface area contributed by atoms with E-state index in [0.29, 0.717) is 0 Å². The van der Waals surface area contributed by atoms with Gasteiger partial charge in [0.2, 0.25) is 0 Å². The number of aromatic nitrogens is 2.